The predicted molar refractivity (Wildman–Crippen MR) is 203 cm³/mol. The van der Waals surface area contributed by atoms with E-state index in [9.17, 15) is 0 Å². The molecular weight excluding hydrogens is 567 g/mol. The van der Waals surface area contributed by atoms with Crippen LogP contribution in [-0.4, -0.2) is 0 Å². The molecule has 0 spiro atoms. The standard InChI is InChI=1S/C46H35N/c1-31-13-7-12-20-45(31)47(40-16-5-4-6-17-40)33(3)34-21-23-36(24-22-34)38-27-28-42-32(2)41-18-10-11-19-43(41)46(44(42)30-38)39-26-25-35-14-8-9-15-37(35)29-39/h4-30H,3H2,1-2H3. The molecule has 8 aromatic rings. The van der Waals surface area contributed by atoms with Gasteiger partial charge < -0.3 is 4.90 Å². The summed E-state index contributed by atoms with van der Waals surface area (Å²) in [5.74, 6) is 0. The van der Waals surface area contributed by atoms with Crippen molar-refractivity contribution in [3.63, 3.8) is 0 Å². The second-order valence-electron chi connectivity index (χ2n) is 12.3. The van der Waals surface area contributed by atoms with Gasteiger partial charge in [-0.15, -0.1) is 0 Å². The number of rotatable bonds is 6. The Hall–Kier alpha value is -5.92. The van der Waals surface area contributed by atoms with Gasteiger partial charge in [0.15, 0.2) is 0 Å². The Kier molecular flexibility index (Phi) is 7.16. The number of nitrogens with zero attached hydrogens (tertiary/aromatic N) is 1. The van der Waals surface area contributed by atoms with E-state index in [2.05, 4.69) is 189 Å². The highest BCUT2D eigenvalue weighted by atomic mass is 15.1. The first-order chi connectivity index (χ1) is 23.1. The van der Waals surface area contributed by atoms with Gasteiger partial charge in [0, 0.05) is 17.1 Å². The molecule has 0 unspecified atom stereocenters. The second kappa shape index (κ2) is 11.8. The molecule has 0 atom stereocenters. The molecule has 47 heavy (non-hydrogen) atoms. The van der Waals surface area contributed by atoms with Crippen molar-refractivity contribution in [2.24, 2.45) is 0 Å². The summed E-state index contributed by atoms with van der Waals surface area (Å²) in [6.45, 7) is 9.00. The number of hydrogen-bond acceptors (Lipinski definition) is 1. The van der Waals surface area contributed by atoms with E-state index in [0.717, 1.165) is 22.6 Å². The number of benzene rings is 8. The lowest BCUT2D eigenvalue weighted by Crippen LogP contribution is -2.15. The summed E-state index contributed by atoms with van der Waals surface area (Å²) < 4.78 is 0. The molecular formula is C46H35N. The van der Waals surface area contributed by atoms with Crippen molar-refractivity contribution in [3.05, 3.63) is 187 Å². The largest absolute Gasteiger partial charge is 0.310 e. The second-order valence-corrected chi connectivity index (χ2v) is 12.3. The summed E-state index contributed by atoms with van der Waals surface area (Å²) in [5, 5.41) is 7.66. The van der Waals surface area contributed by atoms with Crippen LogP contribution in [0.5, 0.6) is 0 Å². The van der Waals surface area contributed by atoms with E-state index in [1.54, 1.807) is 0 Å². The number of fused-ring (bicyclic) bond motifs is 3. The lowest BCUT2D eigenvalue weighted by Gasteiger charge is -2.29. The van der Waals surface area contributed by atoms with Crippen molar-refractivity contribution in [2.45, 2.75) is 13.8 Å². The van der Waals surface area contributed by atoms with Crippen LogP contribution in [0.15, 0.2) is 170 Å². The Labute approximate surface area is 276 Å². The molecule has 224 valence electrons. The Bertz CT molecular complexity index is 2430. The summed E-state index contributed by atoms with van der Waals surface area (Å²) in [7, 11) is 0. The summed E-state index contributed by atoms with van der Waals surface area (Å²) in [6, 6.07) is 59.1. The SMILES string of the molecule is C=C(c1ccc(-c2ccc3c(C)c4ccccc4c(-c4ccc5ccccc5c4)c3c2)cc1)N(c1ccccc1)c1ccccc1C. The predicted octanol–water partition coefficient (Wildman–Crippen LogP) is 12.9. The van der Waals surface area contributed by atoms with E-state index in [-0.39, 0.29) is 0 Å². The van der Waals surface area contributed by atoms with Crippen molar-refractivity contribution in [1.82, 2.24) is 0 Å². The van der Waals surface area contributed by atoms with Crippen molar-refractivity contribution >= 4 is 49.4 Å². The van der Waals surface area contributed by atoms with Gasteiger partial charge in [-0.2, -0.15) is 0 Å². The fourth-order valence-electron chi connectivity index (χ4n) is 7.05. The van der Waals surface area contributed by atoms with Crippen LogP contribution in [0.4, 0.5) is 11.4 Å². The van der Waals surface area contributed by atoms with Gasteiger partial charge in [-0.3, -0.25) is 0 Å². The van der Waals surface area contributed by atoms with Crippen molar-refractivity contribution in [3.8, 4) is 22.3 Å². The minimum absolute atomic E-state index is 0.941. The van der Waals surface area contributed by atoms with Crippen molar-refractivity contribution < 1.29 is 0 Å². The maximum Gasteiger partial charge on any atom is 0.0490 e. The maximum atomic E-state index is 4.59. The smallest absolute Gasteiger partial charge is 0.0490 e. The molecule has 0 amide bonds. The zero-order valence-electron chi connectivity index (χ0n) is 26.7. The molecule has 0 aromatic heterocycles. The molecule has 0 radical (unpaired) electrons. The molecule has 0 aliphatic heterocycles. The topological polar surface area (TPSA) is 3.24 Å². The Morgan fingerprint density at radius 3 is 1.87 bits per heavy atom. The van der Waals surface area contributed by atoms with Gasteiger partial charge in [0.25, 0.3) is 0 Å². The lowest BCUT2D eigenvalue weighted by atomic mass is 9.87. The highest BCUT2D eigenvalue weighted by molar-refractivity contribution is 6.16. The van der Waals surface area contributed by atoms with E-state index in [1.807, 2.05) is 0 Å². The molecule has 0 N–H and O–H groups in total. The first kappa shape index (κ1) is 28.5. The average molecular weight is 602 g/mol. The van der Waals surface area contributed by atoms with Gasteiger partial charge in [-0.05, 0) is 115 Å². The average Bonchev–Trinajstić information content (AvgIpc) is 3.13. The highest BCUT2D eigenvalue weighted by Gasteiger charge is 2.18. The molecule has 0 bridgehead atoms. The van der Waals surface area contributed by atoms with Gasteiger partial charge in [0.1, 0.15) is 0 Å². The van der Waals surface area contributed by atoms with E-state index < -0.39 is 0 Å². The Balaban J connectivity index is 1.24. The molecule has 0 heterocycles. The van der Waals surface area contributed by atoms with Crippen LogP contribution in [0.3, 0.4) is 0 Å². The molecule has 1 heteroatoms. The van der Waals surface area contributed by atoms with Crippen molar-refractivity contribution in [1.29, 1.82) is 0 Å². The summed E-state index contributed by atoms with van der Waals surface area (Å²) in [4.78, 5) is 2.25. The zero-order valence-corrected chi connectivity index (χ0v) is 26.7. The third-order valence-electron chi connectivity index (χ3n) is 9.52. The van der Waals surface area contributed by atoms with E-state index in [0.29, 0.717) is 0 Å². The van der Waals surface area contributed by atoms with E-state index in [4.69, 9.17) is 0 Å². The molecule has 0 saturated heterocycles. The fraction of sp³-hybridized carbons (Fsp3) is 0.0435. The van der Waals surface area contributed by atoms with Crippen LogP contribution in [0, 0.1) is 13.8 Å². The van der Waals surface area contributed by atoms with E-state index >= 15 is 0 Å². The molecule has 8 rings (SSSR count). The molecule has 0 fully saturated rings. The number of aryl methyl sites for hydroxylation is 2. The summed E-state index contributed by atoms with van der Waals surface area (Å²) in [5.41, 5.74) is 11.7. The third-order valence-corrected chi connectivity index (χ3v) is 9.52. The number of para-hydroxylation sites is 2. The number of anilines is 2. The van der Waals surface area contributed by atoms with Crippen LogP contribution in [0.2, 0.25) is 0 Å². The minimum Gasteiger partial charge on any atom is -0.310 e. The van der Waals surface area contributed by atoms with Gasteiger partial charge in [0.05, 0.1) is 0 Å². The van der Waals surface area contributed by atoms with Crippen LogP contribution in [-0.2, 0) is 0 Å². The monoisotopic (exact) mass is 601 g/mol. The third kappa shape index (κ3) is 5.07. The van der Waals surface area contributed by atoms with Gasteiger partial charge in [0.2, 0.25) is 0 Å². The van der Waals surface area contributed by atoms with Gasteiger partial charge in [-0.1, -0.05) is 140 Å². The quantitative estimate of drug-likeness (QED) is 0.171. The van der Waals surface area contributed by atoms with Crippen LogP contribution in [0.1, 0.15) is 16.7 Å². The molecule has 0 saturated carbocycles. The normalized spacial score (nSPS) is 11.3. The lowest BCUT2D eigenvalue weighted by molar-refractivity contribution is 1.26. The Morgan fingerprint density at radius 2 is 1.09 bits per heavy atom. The first-order valence-corrected chi connectivity index (χ1v) is 16.2. The minimum atomic E-state index is 0.941. The van der Waals surface area contributed by atoms with Gasteiger partial charge >= 0.3 is 0 Å². The molecule has 0 aliphatic rings. The summed E-state index contributed by atoms with van der Waals surface area (Å²) >= 11 is 0. The maximum absolute atomic E-state index is 4.59. The van der Waals surface area contributed by atoms with Crippen LogP contribution in [0.25, 0.3) is 60.3 Å². The first-order valence-electron chi connectivity index (χ1n) is 16.2. The Morgan fingerprint density at radius 1 is 0.468 bits per heavy atom. The molecule has 0 aliphatic carbocycles. The zero-order chi connectivity index (χ0) is 31.9. The number of hydrogen-bond donors (Lipinski definition) is 0. The van der Waals surface area contributed by atoms with E-state index in [1.165, 1.54) is 65.7 Å². The van der Waals surface area contributed by atoms with Gasteiger partial charge in [-0.25, -0.2) is 0 Å². The molecule has 1 nitrogen and oxygen atoms in total. The summed E-state index contributed by atoms with van der Waals surface area (Å²) in [6.07, 6.45) is 0. The highest BCUT2D eigenvalue weighted by Crippen LogP contribution is 2.42. The van der Waals surface area contributed by atoms with Crippen LogP contribution < -0.4 is 4.90 Å². The fourth-order valence-corrected chi connectivity index (χ4v) is 7.05. The molecule has 8 aromatic carbocycles. The van der Waals surface area contributed by atoms with Crippen molar-refractivity contribution in [2.75, 3.05) is 4.90 Å². The van der Waals surface area contributed by atoms with Crippen LogP contribution >= 0.6 is 0 Å².